The summed E-state index contributed by atoms with van der Waals surface area (Å²) in [5, 5.41) is 9.12. The van der Waals surface area contributed by atoms with Crippen molar-refractivity contribution in [1.29, 1.82) is 0 Å². The van der Waals surface area contributed by atoms with Gasteiger partial charge in [-0.05, 0) is 48.2 Å². The molecule has 114 valence electrons. The molecule has 0 bridgehead atoms. The summed E-state index contributed by atoms with van der Waals surface area (Å²) in [4.78, 5) is 11.1. The van der Waals surface area contributed by atoms with Crippen molar-refractivity contribution in [3.63, 3.8) is 0 Å². The third-order valence-electron chi connectivity index (χ3n) is 3.98. The molecule has 1 saturated carbocycles. The number of aliphatic carboxylic acids is 1. The van der Waals surface area contributed by atoms with Gasteiger partial charge in [0.2, 0.25) is 5.60 Å². The first-order valence-corrected chi connectivity index (χ1v) is 7.43. The predicted octanol–water partition coefficient (Wildman–Crippen LogP) is 3.05. The average Bonchev–Trinajstić information content (AvgIpc) is 3.28. The molecule has 0 atom stereocenters. The molecule has 2 aromatic carbocycles. The lowest BCUT2D eigenvalue weighted by Crippen LogP contribution is -2.28. The molecule has 0 radical (unpaired) electrons. The molecule has 0 heterocycles. The van der Waals surface area contributed by atoms with Gasteiger partial charge < -0.3 is 15.6 Å². The second-order valence-corrected chi connectivity index (χ2v) is 5.79. The monoisotopic (exact) mass is 297 g/mol. The average molecular weight is 297 g/mol. The van der Waals surface area contributed by atoms with E-state index in [4.69, 9.17) is 15.6 Å². The number of nitrogen functional groups attached to an aromatic ring is 1. The number of hydrogen-bond donors (Lipinski definition) is 2. The molecular weight excluding hydrogens is 278 g/mol. The van der Waals surface area contributed by atoms with Gasteiger partial charge in [-0.15, -0.1) is 0 Å². The molecule has 22 heavy (non-hydrogen) atoms. The minimum absolute atomic E-state index is 0.583. The Morgan fingerprint density at radius 1 is 1.09 bits per heavy atom. The van der Waals surface area contributed by atoms with Gasteiger partial charge in [-0.1, -0.05) is 24.3 Å². The number of anilines is 1. The molecule has 4 heteroatoms. The Hall–Kier alpha value is -2.49. The summed E-state index contributed by atoms with van der Waals surface area (Å²) < 4.78 is 5.59. The Kier molecular flexibility index (Phi) is 3.75. The Balaban J connectivity index is 1.59. The van der Waals surface area contributed by atoms with Crippen molar-refractivity contribution in [3.8, 4) is 5.75 Å². The van der Waals surface area contributed by atoms with E-state index in [2.05, 4.69) is 6.07 Å². The number of aryl methyl sites for hydroxylation is 2. The summed E-state index contributed by atoms with van der Waals surface area (Å²) in [7, 11) is 0. The summed E-state index contributed by atoms with van der Waals surface area (Å²) in [6.45, 7) is 0. The molecule has 0 aliphatic heterocycles. The van der Waals surface area contributed by atoms with E-state index in [1.807, 2.05) is 42.5 Å². The molecule has 3 rings (SSSR count). The number of carboxylic acid groups (broad SMARTS) is 1. The Morgan fingerprint density at radius 3 is 2.36 bits per heavy atom. The number of carbonyl (C=O) groups is 1. The van der Waals surface area contributed by atoms with Crippen LogP contribution in [0.2, 0.25) is 0 Å². The van der Waals surface area contributed by atoms with E-state index >= 15 is 0 Å². The van der Waals surface area contributed by atoms with Crippen molar-refractivity contribution in [3.05, 3.63) is 59.7 Å². The highest BCUT2D eigenvalue weighted by atomic mass is 16.5. The topological polar surface area (TPSA) is 72.5 Å². The Bertz CT molecular complexity index is 675. The normalized spacial score (nSPS) is 15.3. The zero-order valence-electron chi connectivity index (χ0n) is 12.3. The molecule has 1 aliphatic carbocycles. The summed E-state index contributed by atoms with van der Waals surface area (Å²) in [5.74, 6) is -0.258. The minimum Gasteiger partial charge on any atom is -0.478 e. The van der Waals surface area contributed by atoms with Crippen molar-refractivity contribution >= 4 is 11.7 Å². The van der Waals surface area contributed by atoms with Crippen LogP contribution in [-0.4, -0.2) is 16.7 Å². The van der Waals surface area contributed by atoms with Crippen LogP contribution >= 0.6 is 0 Å². The van der Waals surface area contributed by atoms with Crippen molar-refractivity contribution in [2.24, 2.45) is 0 Å². The van der Waals surface area contributed by atoms with E-state index in [0.29, 0.717) is 18.6 Å². The number of benzene rings is 2. The zero-order valence-corrected chi connectivity index (χ0v) is 12.3. The van der Waals surface area contributed by atoms with Gasteiger partial charge in [-0.3, -0.25) is 0 Å². The van der Waals surface area contributed by atoms with Crippen molar-refractivity contribution in [2.45, 2.75) is 31.3 Å². The molecule has 4 nitrogen and oxygen atoms in total. The molecule has 3 N–H and O–H groups in total. The van der Waals surface area contributed by atoms with E-state index < -0.39 is 11.6 Å². The lowest BCUT2D eigenvalue weighted by Gasteiger charge is -2.13. The van der Waals surface area contributed by atoms with E-state index in [9.17, 15) is 4.79 Å². The van der Waals surface area contributed by atoms with E-state index in [1.165, 1.54) is 11.1 Å². The Labute approximate surface area is 129 Å². The van der Waals surface area contributed by atoms with Crippen LogP contribution < -0.4 is 10.5 Å². The maximum Gasteiger partial charge on any atom is 0.348 e. The molecule has 0 unspecified atom stereocenters. The van der Waals surface area contributed by atoms with Crippen LogP contribution in [0.5, 0.6) is 5.75 Å². The first-order chi connectivity index (χ1) is 10.6. The van der Waals surface area contributed by atoms with Crippen molar-refractivity contribution in [1.82, 2.24) is 0 Å². The van der Waals surface area contributed by atoms with Crippen molar-refractivity contribution < 1.29 is 14.6 Å². The minimum atomic E-state index is -0.983. The van der Waals surface area contributed by atoms with Gasteiger partial charge in [0.05, 0.1) is 0 Å². The maximum atomic E-state index is 11.1. The lowest BCUT2D eigenvalue weighted by molar-refractivity contribution is -0.147. The van der Waals surface area contributed by atoms with Crippen LogP contribution in [0.25, 0.3) is 0 Å². The largest absolute Gasteiger partial charge is 0.478 e. The second kappa shape index (κ2) is 5.72. The van der Waals surface area contributed by atoms with Gasteiger partial charge in [0.1, 0.15) is 5.75 Å². The van der Waals surface area contributed by atoms with E-state index in [1.54, 1.807) is 0 Å². The van der Waals surface area contributed by atoms with Gasteiger partial charge in [0, 0.05) is 18.5 Å². The summed E-state index contributed by atoms with van der Waals surface area (Å²) in [6, 6.07) is 15.6. The highest BCUT2D eigenvalue weighted by Crippen LogP contribution is 2.40. The fraction of sp³-hybridized carbons (Fsp3) is 0.278. The quantitative estimate of drug-likeness (QED) is 0.804. The predicted molar refractivity (Wildman–Crippen MR) is 84.9 cm³/mol. The first kappa shape index (κ1) is 14.4. The summed E-state index contributed by atoms with van der Waals surface area (Å²) in [5.41, 5.74) is 7.97. The molecule has 1 aliphatic rings. The maximum absolute atomic E-state index is 11.1. The molecule has 0 aromatic heterocycles. The van der Waals surface area contributed by atoms with Crippen LogP contribution in [-0.2, 0) is 17.6 Å². The van der Waals surface area contributed by atoms with Gasteiger partial charge in [0.25, 0.3) is 0 Å². The van der Waals surface area contributed by atoms with E-state index in [0.717, 1.165) is 18.5 Å². The molecule has 0 amide bonds. The van der Waals surface area contributed by atoms with Gasteiger partial charge in [0.15, 0.2) is 0 Å². The molecule has 1 fully saturated rings. The van der Waals surface area contributed by atoms with Crippen LogP contribution in [0, 0.1) is 0 Å². The van der Waals surface area contributed by atoms with Crippen LogP contribution in [0.15, 0.2) is 48.5 Å². The van der Waals surface area contributed by atoms with Crippen molar-refractivity contribution in [2.75, 3.05) is 5.73 Å². The van der Waals surface area contributed by atoms with Crippen LogP contribution in [0.3, 0.4) is 0 Å². The highest BCUT2D eigenvalue weighted by Gasteiger charge is 2.53. The van der Waals surface area contributed by atoms with E-state index in [-0.39, 0.29) is 0 Å². The first-order valence-electron chi connectivity index (χ1n) is 7.43. The summed E-state index contributed by atoms with van der Waals surface area (Å²) in [6.07, 6.45) is 3.00. The standard InChI is InChI=1S/C18H19NO3/c19-15-3-1-2-14(12-15)5-4-13-6-8-16(9-7-13)22-18(10-11-18)17(20)21/h1-3,6-9,12H,4-5,10-11,19H2,(H,20,21). The third-order valence-corrected chi connectivity index (χ3v) is 3.98. The Morgan fingerprint density at radius 2 is 1.77 bits per heavy atom. The molecular formula is C18H19NO3. The third kappa shape index (κ3) is 3.22. The van der Waals surface area contributed by atoms with Gasteiger partial charge >= 0.3 is 5.97 Å². The zero-order chi connectivity index (χ0) is 15.6. The fourth-order valence-electron chi connectivity index (χ4n) is 2.46. The smallest absolute Gasteiger partial charge is 0.348 e. The van der Waals surface area contributed by atoms with Gasteiger partial charge in [-0.2, -0.15) is 0 Å². The number of carboxylic acids is 1. The fourth-order valence-corrected chi connectivity index (χ4v) is 2.46. The van der Waals surface area contributed by atoms with Gasteiger partial charge in [-0.25, -0.2) is 4.79 Å². The molecule has 0 spiro atoms. The number of nitrogens with two attached hydrogens (primary N) is 1. The SMILES string of the molecule is Nc1cccc(CCc2ccc(OC3(C(=O)O)CC3)cc2)c1. The van der Waals surface area contributed by atoms with Crippen LogP contribution in [0.4, 0.5) is 5.69 Å². The molecule has 2 aromatic rings. The summed E-state index contributed by atoms with van der Waals surface area (Å²) >= 11 is 0. The number of rotatable bonds is 6. The lowest BCUT2D eigenvalue weighted by atomic mass is 10.0. The number of ether oxygens (including phenoxy) is 1. The van der Waals surface area contributed by atoms with Crippen LogP contribution in [0.1, 0.15) is 24.0 Å². The second-order valence-electron chi connectivity index (χ2n) is 5.79. The highest BCUT2D eigenvalue weighted by molar-refractivity contribution is 5.81. The number of hydrogen-bond acceptors (Lipinski definition) is 3. The molecule has 0 saturated heterocycles.